The van der Waals surface area contributed by atoms with Gasteiger partial charge in [0.25, 0.3) is 5.56 Å². The van der Waals surface area contributed by atoms with Crippen molar-refractivity contribution in [3.05, 3.63) is 61.0 Å². The number of hydrogen-bond donors (Lipinski definition) is 1. The van der Waals surface area contributed by atoms with Crippen LogP contribution in [-0.4, -0.2) is 24.7 Å². The summed E-state index contributed by atoms with van der Waals surface area (Å²) in [6, 6.07) is 8.93. The van der Waals surface area contributed by atoms with Gasteiger partial charge >= 0.3 is 5.69 Å². The van der Waals surface area contributed by atoms with Gasteiger partial charge in [-0.25, -0.2) is 13.9 Å². The second-order valence-corrected chi connectivity index (χ2v) is 8.82. The van der Waals surface area contributed by atoms with Gasteiger partial charge in [0.2, 0.25) is 11.7 Å². The van der Waals surface area contributed by atoms with Crippen LogP contribution in [0.1, 0.15) is 13.8 Å². The molecule has 0 aliphatic carbocycles. The van der Waals surface area contributed by atoms with Crippen LogP contribution in [0.3, 0.4) is 0 Å². The summed E-state index contributed by atoms with van der Waals surface area (Å²) in [5.74, 6) is 0.0444. The Morgan fingerprint density at radius 1 is 1.24 bits per heavy atom. The maximum atomic E-state index is 13.0. The zero-order valence-electron chi connectivity index (χ0n) is 15.8. The molecule has 0 unspecified atom stereocenters. The number of halogens is 1. The number of fused-ring (bicyclic) bond motifs is 3. The lowest BCUT2D eigenvalue weighted by atomic mass is 10.2. The van der Waals surface area contributed by atoms with Gasteiger partial charge in [-0.2, -0.15) is 0 Å². The van der Waals surface area contributed by atoms with Gasteiger partial charge in [-0.3, -0.25) is 14.2 Å². The maximum Gasteiger partial charge on any atom is 0.352 e. The molecule has 1 amide bonds. The lowest BCUT2D eigenvalue weighted by Gasteiger charge is -2.09. The van der Waals surface area contributed by atoms with Crippen LogP contribution in [0.2, 0.25) is 0 Å². The van der Waals surface area contributed by atoms with Gasteiger partial charge in [0.05, 0.1) is 11.2 Å². The highest BCUT2D eigenvalue weighted by atomic mass is 79.9. The molecule has 0 radical (unpaired) electrons. The molecule has 0 fully saturated rings. The summed E-state index contributed by atoms with van der Waals surface area (Å²) in [6.45, 7) is 4.14. The van der Waals surface area contributed by atoms with Crippen molar-refractivity contribution in [1.82, 2.24) is 18.7 Å². The van der Waals surface area contributed by atoms with Crippen molar-refractivity contribution in [2.45, 2.75) is 26.9 Å². The molecule has 0 bridgehead atoms. The van der Waals surface area contributed by atoms with Gasteiger partial charge in [-0.05, 0) is 45.4 Å². The normalized spacial score (nSPS) is 11.6. The van der Waals surface area contributed by atoms with Crippen LogP contribution >= 0.6 is 27.3 Å². The average Bonchev–Trinajstić information content (AvgIpc) is 3.26. The number of hydrogen-bond acceptors (Lipinski definition) is 5. The summed E-state index contributed by atoms with van der Waals surface area (Å²) < 4.78 is 5.24. The number of amides is 1. The Bertz CT molecular complexity index is 1350. The van der Waals surface area contributed by atoms with Gasteiger partial charge < -0.3 is 5.32 Å². The molecular weight excluding hydrogens is 458 g/mol. The van der Waals surface area contributed by atoms with Gasteiger partial charge in [-0.1, -0.05) is 26.0 Å². The number of thiophene rings is 1. The lowest BCUT2D eigenvalue weighted by molar-refractivity contribution is -0.117. The molecule has 0 aliphatic rings. The predicted molar refractivity (Wildman–Crippen MR) is 117 cm³/mol. The molecule has 29 heavy (non-hydrogen) atoms. The van der Waals surface area contributed by atoms with Crippen LogP contribution in [-0.2, 0) is 17.9 Å². The van der Waals surface area contributed by atoms with Gasteiger partial charge in [-0.15, -0.1) is 16.4 Å². The van der Waals surface area contributed by atoms with Crippen molar-refractivity contribution in [1.29, 1.82) is 0 Å². The van der Waals surface area contributed by atoms with E-state index in [2.05, 4.69) is 26.3 Å². The first-order valence-corrected chi connectivity index (χ1v) is 10.7. The molecule has 3 heterocycles. The van der Waals surface area contributed by atoms with E-state index in [1.165, 1.54) is 20.3 Å². The van der Waals surface area contributed by atoms with Crippen LogP contribution in [0.5, 0.6) is 0 Å². The first-order chi connectivity index (χ1) is 13.9. The number of para-hydroxylation sites is 1. The van der Waals surface area contributed by atoms with E-state index in [0.717, 1.165) is 9.15 Å². The number of aromatic nitrogens is 4. The Morgan fingerprint density at radius 3 is 2.72 bits per heavy atom. The molecule has 4 aromatic rings. The molecule has 1 aromatic carbocycles. The van der Waals surface area contributed by atoms with Crippen molar-refractivity contribution in [3.8, 4) is 0 Å². The van der Waals surface area contributed by atoms with E-state index < -0.39 is 5.69 Å². The van der Waals surface area contributed by atoms with E-state index in [4.69, 9.17) is 0 Å². The van der Waals surface area contributed by atoms with E-state index in [1.54, 1.807) is 23.6 Å². The maximum absolute atomic E-state index is 13.0. The fourth-order valence-corrected chi connectivity index (χ4v) is 4.36. The Hall–Kier alpha value is -2.72. The number of nitrogens with one attached hydrogen (secondary N) is 1. The third-order valence-electron chi connectivity index (χ3n) is 4.38. The zero-order chi connectivity index (χ0) is 20.7. The second kappa shape index (κ2) is 7.60. The minimum atomic E-state index is -0.455. The molecule has 0 saturated heterocycles. The van der Waals surface area contributed by atoms with Crippen LogP contribution < -0.4 is 16.6 Å². The average molecular weight is 476 g/mol. The highest BCUT2D eigenvalue weighted by Crippen LogP contribution is 2.21. The minimum Gasteiger partial charge on any atom is -0.323 e. The number of anilines is 1. The van der Waals surface area contributed by atoms with Crippen molar-refractivity contribution in [2.75, 3.05) is 5.32 Å². The molecule has 0 saturated carbocycles. The number of carbonyl (C=O) groups is 1. The fraction of sp³-hybridized carbons (Fsp3) is 0.263. The van der Waals surface area contributed by atoms with E-state index in [-0.39, 0.29) is 29.7 Å². The SMILES string of the molecule is CC(C)Cn1c(=O)c2sccc2n2c(=O)n(CC(=O)Nc3ccccc3Br)nc12. The third-order valence-corrected chi connectivity index (χ3v) is 5.96. The van der Waals surface area contributed by atoms with Crippen molar-refractivity contribution in [2.24, 2.45) is 5.92 Å². The Kier molecular flexibility index (Phi) is 5.13. The largest absolute Gasteiger partial charge is 0.352 e. The van der Waals surface area contributed by atoms with Crippen LogP contribution in [0.4, 0.5) is 5.69 Å². The molecule has 4 rings (SSSR count). The molecule has 8 nitrogen and oxygen atoms in total. The summed E-state index contributed by atoms with van der Waals surface area (Å²) in [7, 11) is 0. The van der Waals surface area contributed by atoms with Crippen molar-refractivity contribution >= 4 is 54.9 Å². The van der Waals surface area contributed by atoms with Gasteiger partial charge in [0.15, 0.2) is 0 Å². The number of nitrogens with zero attached hydrogens (tertiary/aromatic N) is 4. The lowest BCUT2D eigenvalue weighted by Crippen LogP contribution is -2.29. The Morgan fingerprint density at radius 2 is 2.00 bits per heavy atom. The molecular formula is C19H18BrN5O3S. The quantitative estimate of drug-likeness (QED) is 0.480. The standard InChI is InChI=1S/C19H18BrN5O3S/c1-11(2)9-23-17(27)16-14(7-8-29-16)25-18(23)22-24(19(25)28)10-15(26)21-13-6-4-3-5-12(13)20/h3-8,11H,9-10H2,1-2H3,(H,21,26). The first-order valence-electron chi connectivity index (χ1n) is 9.00. The molecule has 0 atom stereocenters. The highest BCUT2D eigenvalue weighted by molar-refractivity contribution is 9.10. The summed E-state index contributed by atoms with van der Waals surface area (Å²) >= 11 is 4.67. The Balaban J connectivity index is 1.79. The molecule has 150 valence electrons. The Labute approximate surface area is 177 Å². The highest BCUT2D eigenvalue weighted by Gasteiger charge is 2.20. The molecule has 10 heteroatoms. The second-order valence-electron chi connectivity index (χ2n) is 7.05. The number of carbonyl (C=O) groups excluding carboxylic acids is 1. The van der Waals surface area contributed by atoms with Gasteiger partial charge in [0.1, 0.15) is 11.2 Å². The predicted octanol–water partition coefficient (Wildman–Crippen LogP) is 2.93. The first kappa shape index (κ1) is 19.6. The summed E-state index contributed by atoms with van der Waals surface area (Å²) in [4.78, 5) is 38.4. The van der Waals surface area contributed by atoms with E-state index in [0.29, 0.717) is 22.4 Å². The zero-order valence-corrected chi connectivity index (χ0v) is 18.2. The number of benzene rings is 1. The van der Waals surface area contributed by atoms with Gasteiger partial charge in [0, 0.05) is 11.0 Å². The van der Waals surface area contributed by atoms with Crippen LogP contribution in [0, 0.1) is 5.92 Å². The monoisotopic (exact) mass is 475 g/mol. The molecule has 3 aromatic heterocycles. The van der Waals surface area contributed by atoms with E-state index in [1.807, 2.05) is 26.0 Å². The molecule has 1 N–H and O–H groups in total. The molecule has 0 aliphatic heterocycles. The van der Waals surface area contributed by atoms with Crippen molar-refractivity contribution in [3.63, 3.8) is 0 Å². The summed E-state index contributed by atoms with van der Waals surface area (Å²) in [6.07, 6.45) is 0. The number of rotatable bonds is 5. The molecule has 0 spiro atoms. The van der Waals surface area contributed by atoms with Crippen LogP contribution in [0.25, 0.3) is 16.0 Å². The fourth-order valence-electron chi connectivity index (χ4n) is 3.15. The summed E-state index contributed by atoms with van der Waals surface area (Å²) in [5, 5.41) is 8.85. The van der Waals surface area contributed by atoms with E-state index in [9.17, 15) is 14.4 Å². The van der Waals surface area contributed by atoms with Crippen LogP contribution in [0.15, 0.2) is 49.8 Å². The van der Waals surface area contributed by atoms with E-state index >= 15 is 0 Å². The minimum absolute atomic E-state index is 0.175. The topological polar surface area (TPSA) is 90.4 Å². The summed E-state index contributed by atoms with van der Waals surface area (Å²) in [5.41, 5.74) is 0.484. The smallest absolute Gasteiger partial charge is 0.323 e. The third kappa shape index (κ3) is 3.53. The van der Waals surface area contributed by atoms with Crippen molar-refractivity contribution < 1.29 is 4.79 Å².